The number of likely N-dealkylation sites (tertiary alicyclic amines) is 1. The molecule has 170 valence electrons. The van der Waals surface area contributed by atoms with Crippen molar-refractivity contribution in [2.24, 2.45) is 5.73 Å². The van der Waals surface area contributed by atoms with Crippen molar-refractivity contribution >= 4 is 10.9 Å². The van der Waals surface area contributed by atoms with Crippen LogP contribution in [0, 0.1) is 0 Å². The largest absolute Gasteiger partial charge is 0.330 e. The molecular weight excluding hydrogens is 414 g/mol. The zero-order valence-electron chi connectivity index (χ0n) is 18.7. The summed E-state index contributed by atoms with van der Waals surface area (Å²) in [5.41, 5.74) is 10.0. The van der Waals surface area contributed by atoms with E-state index in [1.165, 1.54) is 30.3 Å². The van der Waals surface area contributed by atoms with Gasteiger partial charge in [0.2, 0.25) is 0 Å². The SMILES string of the molecule is NCCc1cccc(C2CCN(CCc3cnn(-c4nccc5c(=O)[nH]cnc45)c3)CC2)c1. The van der Waals surface area contributed by atoms with E-state index < -0.39 is 0 Å². The van der Waals surface area contributed by atoms with Gasteiger partial charge < -0.3 is 15.6 Å². The predicted molar refractivity (Wildman–Crippen MR) is 129 cm³/mol. The lowest BCUT2D eigenvalue weighted by Gasteiger charge is -2.32. The molecule has 3 aromatic heterocycles. The van der Waals surface area contributed by atoms with Gasteiger partial charge in [-0.25, -0.2) is 14.6 Å². The van der Waals surface area contributed by atoms with Gasteiger partial charge in [0.05, 0.1) is 17.9 Å². The molecule has 33 heavy (non-hydrogen) atoms. The number of aromatic amines is 1. The molecule has 0 atom stereocenters. The number of nitrogens with zero attached hydrogens (tertiary/aromatic N) is 5. The van der Waals surface area contributed by atoms with Gasteiger partial charge in [0.25, 0.3) is 5.56 Å². The Balaban J connectivity index is 1.19. The summed E-state index contributed by atoms with van der Waals surface area (Å²) in [4.78, 5) is 25.9. The van der Waals surface area contributed by atoms with Crippen molar-refractivity contribution in [2.75, 3.05) is 26.2 Å². The molecule has 3 N–H and O–H groups in total. The maximum atomic E-state index is 12.0. The molecule has 1 aliphatic rings. The summed E-state index contributed by atoms with van der Waals surface area (Å²) in [7, 11) is 0. The monoisotopic (exact) mass is 443 g/mol. The molecule has 8 nitrogen and oxygen atoms in total. The fourth-order valence-electron chi connectivity index (χ4n) is 4.71. The third kappa shape index (κ3) is 4.72. The zero-order valence-corrected chi connectivity index (χ0v) is 18.7. The van der Waals surface area contributed by atoms with Crippen LogP contribution in [0.25, 0.3) is 16.7 Å². The predicted octanol–water partition coefficient (Wildman–Crippen LogP) is 2.43. The number of aromatic nitrogens is 5. The summed E-state index contributed by atoms with van der Waals surface area (Å²) in [5, 5.41) is 4.99. The molecular formula is C25H29N7O. The quantitative estimate of drug-likeness (QED) is 0.454. The van der Waals surface area contributed by atoms with Crippen molar-refractivity contribution in [3.63, 3.8) is 0 Å². The number of H-pyrrole nitrogens is 1. The van der Waals surface area contributed by atoms with Gasteiger partial charge in [0.15, 0.2) is 5.82 Å². The number of hydrogen-bond donors (Lipinski definition) is 2. The van der Waals surface area contributed by atoms with Crippen molar-refractivity contribution in [2.45, 2.75) is 31.6 Å². The summed E-state index contributed by atoms with van der Waals surface area (Å²) in [6, 6.07) is 10.6. The molecule has 1 aliphatic heterocycles. The summed E-state index contributed by atoms with van der Waals surface area (Å²) in [6.45, 7) is 3.92. The third-order valence-electron chi connectivity index (χ3n) is 6.55. The van der Waals surface area contributed by atoms with Crippen molar-refractivity contribution < 1.29 is 0 Å². The van der Waals surface area contributed by atoms with Crippen molar-refractivity contribution in [1.82, 2.24) is 29.6 Å². The van der Waals surface area contributed by atoms with Crippen LogP contribution in [-0.4, -0.2) is 55.8 Å². The molecule has 1 aromatic carbocycles. The van der Waals surface area contributed by atoms with Crippen molar-refractivity contribution in [3.8, 4) is 5.82 Å². The molecule has 4 aromatic rings. The Hall–Kier alpha value is -3.36. The molecule has 1 fully saturated rings. The van der Waals surface area contributed by atoms with E-state index in [2.05, 4.69) is 49.2 Å². The average Bonchev–Trinajstić information content (AvgIpc) is 3.32. The fourth-order valence-corrected chi connectivity index (χ4v) is 4.71. The number of nitrogens with one attached hydrogen (secondary N) is 1. The Morgan fingerprint density at radius 1 is 1.09 bits per heavy atom. The highest BCUT2D eigenvalue weighted by Gasteiger charge is 2.21. The van der Waals surface area contributed by atoms with E-state index in [1.807, 2.05) is 12.4 Å². The highest BCUT2D eigenvalue weighted by Crippen LogP contribution is 2.28. The Morgan fingerprint density at radius 2 is 1.97 bits per heavy atom. The molecule has 8 heteroatoms. The van der Waals surface area contributed by atoms with Crippen LogP contribution < -0.4 is 11.3 Å². The summed E-state index contributed by atoms with van der Waals surface area (Å²) < 4.78 is 1.71. The van der Waals surface area contributed by atoms with Gasteiger partial charge >= 0.3 is 0 Å². The Kier molecular flexibility index (Phi) is 6.28. The van der Waals surface area contributed by atoms with Crippen LogP contribution in [0.2, 0.25) is 0 Å². The van der Waals surface area contributed by atoms with E-state index in [0.717, 1.165) is 38.0 Å². The van der Waals surface area contributed by atoms with Crippen molar-refractivity contribution in [3.05, 3.63) is 82.3 Å². The van der Waals surface area contributed by atoms with E-state index >= 15 is 0 Å². The molecule has 4 heterocycles. The second-order valence-electron chi connectivity index (χ2n) is 8.71. The lowest BCUT2D eigenvalue weighted by molar-refractivity contribution is 0.214. The minimum atomic E-state index is -0.175. The minimum Gasteiger partial charge on any atom is -0.330 e. The molecule has 0 unspecified atom stereocenters. The lowest BCUT2D eigenvalue weighted by Crippen LogP contribution is -2.34. The molecule has 1 saturated heterocycles. The number of piperidine rings is 1. The number of nitrogens with two attached hydrogens (primary N) is 1. The van der Waals surface area contributed by atoms with Gasteiger partial charge in [-0.2, -0.15) is 5.10 Å². The first-order valence-corrected chi connectivity index (χ1v) is 11.6. The van der Waals surface area contributed by atoms with Crippen LogP contribution in [0.3, 0.4) is 0 Å². The number of pyridine rings is 1. The van der Waals surface area contributed by atoms with Gasteiger partial charge in [-0.05, 0) is 74.0 Å². The third-order valence-corrected chi connectivity index (χ3v) is 6.55. The van der Waals surface area contributed by atoms with E-state index in [-0.39, 0.29) is 5.56 Å². The van der Waals surface area contributed by atoms with Crippen LogP contribution in [-0.2, 0) is 12.8 Å². The molecule has 0 aliphatic carbocycles. The van der Waals surface area contributed by atoms with E-state index in [4.69, 9.17) is 5.73 Å². The number of hydrogen-bond acceptors (Lipinski definition) is 6. The van der Waals surface area contributed by atoms with E-state index in [1.54, 1.807) is 16.9 Å². The van der Waals surface area contributed by atoms with Crippen LogP contribution in [0.1, 0.15) is 35.4 Å². The van der Waals surface area contributed by atoms with Crippen molar-refractivity contribution in [1.29, 1.82) is 0 Å². The number of benzene rings is 1. The Bertz CT molecular complexity index is 1290. The normalized spacial score (nSPS) is 15.3. The molecule has 0 saturated carbocycles. The van der Waals surface area contributed by atoms with Gasteiger partial charge in [0, 0.05) is 18.9 Å². The first-order valence-electron chi connectivity index (χ1n) is 11.6. The first kappa shape index (κ1) is 21.5. The van der Waals surface area contributed by atoms with Crippen LogP contribution in [0.4, 0.5) is 0 Å². The topological polar surface area (TPSA) is 106 Å². The van der Waals surface area contributed by atoms with Gasteiger partial charge in [0.1, 0.15) is 5.52 Å². The summed E-state index contributed by atoms with van der Waals surface area (Å²) in [6.07, 6.45) is 11.1. The first-order chi connectivity index (χ1) is 16.2. The molecule has 0 amide bonds. The maximum absolute atomic E-state index is 12.0. The molecule has 5 rings (SSSR count). The summed E-state index contributed by atoms with van der Waals surface area (Å²) >= 11 is 0. The second-order valence-corrected chi connectivity index (χ2v) is 8.71. The molecule has 0 bridgehead atoms. The average molecular weight is 444 g/mol. The number of fused-ring (bicyclic) bond motifs is 1. The zero-order chi connectivity index (χ0) is 22.6. The maximum Gasteiger partial charge on any atom is 0.258 e. The second kappa shape index (κ2) is 9.64. The highest BCUT2D eigenvalue weighted by molar-refractivity contribution is 5.83. The number of rotatable bonds is 7. The minimum absolute atomic E-state index is 0.175. The highest BCUT2D eigenvalue weighted by atomic mass is 16.1. The van der Waals surface area contributed by atoms with Gasteiger partial charge in [-0.15, -0.1) is 0 Å². The van der Waals surface area contributed by atoms with Crippen LogP contribution >= 0.6 is 0 Å². The molecule has 0 radical (unpaired) electrons. The van der Waals surface area contributed by atoms with Gasteiger partial charge in [-0.1, -0.05) is 24.3 Å². The van der Waals surface area contributed by atoms with Crippen LogP contribution in [0.5, 0.6) is 0 Å². The Labute approximate surface area is 192 Å². The fraction of sp³-hybridized carbons (Fsp3) is 0.360. The van der Waals surface area contributed by atoms with E-state index in [9.17, 15) is 4.79 Å². The van der Waals surface area contributed by atoms with Crippen LogP contribution in [0.15, 0.2) is 60.0 Å². The van der Waals surface area contributed by atoms with E-state index in [0.29, 0.717) is 29.2 Å². The van der Waals surface area contributed by atoms with Gasteiger partial charge in [-0.3, -0.25) is 4.79 Å². The lowest BCUT2D eigenvalue weighted by atomic mass is 9.88. The Morgan fingerprint density at radius 3 is 2.82 bits per heavy atom. The smallest absolute Gasteiger partial charge is 0.258 e. The summed E-state index contributed by atoms with van der Waals surface area (Å²) in [5.74, 6) is 1.21. The standard InChI is InChI=1S/C25H29N7O/c26-9-4-18-2-1-3-21(14-18)20-7-12-31(13-8-20)11-6-19-15-30-32(16-19)24-23-22(5-10-27-24)25(33)29-17-28-23/h1-3,5,10,14-17,20H,4,6-9,11-13,26H2,(H,28,29,33). The molecule has 0 spiro atoms.